The van der Waals surface area contributed by atoms with Crippen LogP contribution in [0.15, 0.2) is 47.0 Å². The smallest absolute Gasteiger partial charge is 0.307 e. The first-order chi connectivity index (χ1) is 18.0. The largest absolute Gasteiger partial charge is 0.493 e. The van der Waals surface area contributed by atoms with E-state index < -0.39 is 5.97 Å². The molecule has 2 aliphatic rings. The lowest BCUT2D eigenvalue weighted by Crippen LogP contribution is -2.29. The molecule has 1 atom stereocenters. The number of ether oxygens (including phenoxy) is 1. The fourth-order valence-electron chi connectivity index (χ4n) is 5.38. The number of nitrogens with zero attached hydrogens (tertiary/aromatic N) is 3. The van der Waals surface area contributed by atoms with Crippen LogP contribution in [0, 0.1) is 12.8 Å². The maximum absolute atomic E-state index is 11.1. The first-order valence-corrected chi connectivity index (χ1v) is 13.3. The third kappa shape index (κ3) is 5.71. The van der Waals surface area contributed by atoms with Gasteiger partial charge in [-0.05, 0) is 74.3 Å². The van der Waals surface area contributed by atoms with Crippen molar-refractivity contribution in [1.29, 1.82) is 0 Å². The lowest BCUT2D eigenvalue weighted by atomic mass is 9.79. The van der Waals surface area contributed by atoms with Crippen molar-refractivity contribution in [2.24, 2.45) is 5.92 Å². The minimum absolute atomic E-state index is 0.0362. The fraction of sp³-hybridized carbons (Fsp3) is 0.433. The average Bonchev–Trinajstić information content (AvgIpc) is 3.29. The standard InChI is InChI=1S/C30H35N3O4/c1-20-9-11-25-24(23(20)12-14-29(34)35)7-6-8-27(25)36-18-15-26-21(2)37-30(32-26)22-10-13-28(31-19-22)33-16-4-3-5-17-33/h6-8,10,12-13,19-20H,3-5,9,11,14-18H2,1-2H3,(H,34,35)/b23-12-. The van der Waals surface area contributed by atoms with E-state index in [0.717, 1.165) is 71.2 Å². The molecule has 5 rings (SSSR count). The quantitative estimate of drug-likeness (QED) is 0.399. The van der Waals surface area contributed by atoms with Gasteiger partial charge in [0, 0.05) is 31.3 Å². The Morgan fingerprint density at radius 3 is 2.81 bits per heavy atom. The molecule has 2 aromatic heterocycles. The number of oxazole rings is 1. The number of aryl methyl sites for hydroxylation is 1. The molecule has 7 nitrogen and oxygen atoms in total. The molecule has 1 fully saturated rings. The van der Waals surface area contributed by atoms with Crippen molar-refractivity contribution in [2.45, 2.75) is 58.8 Å². The summed E-state index contributed by atoms with van der Waals surface area (Å²) in [6.45, 7) is 6.72. The molecule has 0 bridgehead atoms. The number of piperidine rings is 1. The van der Waals surface area contributed by atoms with Gasteiger partial charge < -0.3 is 19.2 Å². The molecular weight excluding hydrogens is 466 g/mol. The lowest BCUT2D eigenvalue weighted by Gasteiger charge is -2.27. The van der Waals surface area contributed by atoms with Crippen LogP contribution in [-0.4, -0.2) is 40.7 Å². The number of carbonyl (C=O) groups is 1. The molecule has 7 heteroatoms. The van der Waals surface area contributed by atoms with Crippen LogP contribution in [0.25, 0.3) is 17.0 Å². The number of hydrogen-bond donors (Lipinski definition) is 1. The summed E-state index contributed by atoms with van der Waals surface area (Å²) in [5.74, 6) is 2.79. The van der Waals surface area contributed by atoms with Gasteiger partial charge >= 0.3 is 5.97 Å². The van der Waals surface area contributed by atoms with Crippen LogP contribution in [0.1, 0.15) is 61.6 Å². The first kappa shape index (κ1) is 25.1. The van der Waals surface area contributed by atoms with E-state index in [1.54, 1.807) is 0 Å². The lowest BCUT2D eigenvalue weighted by molar-refractivity contribution is -0.136. The van der Waals surface area contributed by atoms with Crippen molar-refractivity contribution in [3.63, 3.8) is 0 Å². The molecule has 0 spiro atoms. The predicted octanol–water partition coefficient (Wildman–Crippen LogP) is 6.10. The number of fused-ring (bicyclic) bond motifs is 1. The number of pyridine rings is 1. The Morgan fingerprint density at radius 1 is 1.22 bits per heavy atom. The molecule has 0 radical (unpaired) electrons. The number of aromatic nitrogens is 2. The van der Waals surface area contributed by atoms with Gasteiger partial charge in [-0.25, -0.2) is 9.97 Å². The van der Waals surface area contributed by atoms with Crippen molar-refractivity contribution in [1.82, 2.24) is 9.97 Å². The molecule has 1 unspecified atom stereocenters. The second-order valence-corrected chi connectivity index (χ2v) is 10.1. The highest BCUT2D eigenvalue weighted by atomic mass is 16.5. The van der Waals surface area contributed by atoms with Crippen LogP contribution < -0.4 is 9.64 Å². The molecule has 37 heavy (non-hydrogen) atoms. The number of carboxylic acids is 1. The van der Waals surface area contributed by atoms with Gasteiger partial charge in [-0.2, -0.15) is 0 Å². The maximum Gasteiger partial charge on any atom is 0.307 e. The zero-order valence-corrected chi connectivity index (χ0v) is 21.7. The summed E-state index contributed by atoms with van der Waals surface area (Å²) in [7, 11) is 0. The predicted molar refractivity (Wildman–Crippen MR) is 144 cm³/mol. The Balaban J connectivity index is 1.24. The SMILES string of the molecule is Cc1oc(-c2ccc(N3CCCCC3)nc2)nc1CCOc1cccc2c1CCC(C)/C2=C/CC(=O)O. The van der Waals surface area contributed by atoms with Gasteiger partial charge in [-0.1, -0.05) is 25.1 Å². The van der Waals surface area contributed by atoms with Crippen molar-refractivity contribution in [3.05, 3.63) is 65.2 Å². The first-order valence-electron chi connectivity index (χ1n) is 13.3. The zero-order valence-electron chi connectivity index (χ0n) is 21.7. The molecule has 0 amide bonds. The van der Waals surface area contributed by atoms with Crippen LogP contribution in [-0.2, 0) is 17.6 Å². The van der Waals surface area contributed by atoms with Crippen molar-refractivity contribution < 1.29 is 19.1 Å². The van der Waals surface area contributed by atoms with E-state index in [2.05, 4.69) is 28.9 Å². The third-order valence-electron chi connectivity index (χ3n) is 7.46. The number of benzene rings is 1. The summed E-state index contributed by atoms with van der Waals surface area (Å²) in [6.07, 6.45) is 10.0. The van der Waals surface area contributed by atoms with E-state index in [1.165, 1.54) is 19.3 Å². The maximum atomic E-state index is 11.1. The Labute approximate surface area is 218 Å². The minimum Gasteiger partial charge on any atom is -0.493 e. The normalized spacial score (nSPS) is 18.6. The molecule has 194 valence electrons. The van der Waals surface area contributed by atoms with E-state index in [4.69, 9.17) is 19.2 Å². The number of anilines is 1. The Hall–Kier alpha value is -3.61. The zero-order chi connectivity index (χ0) is 25.8. The van der Waals surface area contributed by atoms with Crippen molar-refractivity contribution >= 4 is 17.4 Å². The average molecular weight is 502 g/mol. The Kier molecular flexibility index (Phi) is 7.58. The van der Waals surface area contributed by atoms with Gasteiger partial charge in [0.15, 0.2) is 0 Å². The summed E-state index contributed by atoms with van der Waals surface area (Å²) >= 11 is 0. The van der Waals surface area contributed by atoms with Crippen molar-refractivity contribution in [2.75, 3.05) is 24.6 Å². The van der Waals surface area contributed by atoms with Gasteiger partial charge in [0.1, 0.15) is 17.3 Å². The number of hydrogen-bond acceptors (Lipinski definition) is 6. The fourth-order valence-corrected chi connectivity index (χ4v) is 5.38. The Bertz CT molecular complexity index is 1270. The van der Waals surface area contributed by atoms with Crippen LogP contribution >= 0.6 is 0 Å². The molecule has 1 saturated heterocycles. The molecule has 0 saturated carbocycles. The molecule has 3 heterocycles. The van der Waals surface area contributed by atoms with E-state index in [-0.39, 0.29) is 6.42 Å². The van der Waals surface area contributed by atoms with Gasteiger partial charge in [-0.3, -0.25) is 4.79 Å². The summed E-state index contributed by atoms with van der Waals surface area (Å²) in [4.78, 5) is 22.9. The highest BCUT2D eigenvalue weighted by Crippen LogP contribution is 2.39. The summed E-state index contributed by atoms with van der Waals surface area (Å²) in [6, 6.07) is 10.2. The number of carboxylic acid groups (broad SMARTS) is 1. The summed E-state index contributed by atoms with van der Waals surface area (Å²) < 4.78 is 12.2. The van der Waals surface area contributed by atoms with E-state index >= 15 is 0 Å². The van der Waals surface area contributed by atoms with Crippen molar-refractivity contribution in [3.8, 4) is 17.2 Å². The van der Waals surface area contributed by atoms with Crippen LogP contribution in [0.4, 0.5) is 5.82 Å². The Morgan fingerprint density at radius 2 is 2.05 bits per heavy atom. The topological polar surface area (TPSA) is 88.7 Å². The highest BCUT2D eigenvalue weighted by molar-refractivity contribution is 5.77. The summed E-state index contributed by atoms with van der Waals surface area (Å²) in [5, 5.41) is 9.13. The second kappa shape index (κ2) is 11.2. The molecule has 1 aliphatic carbocycles. The van der Waals surface area contributed by atoms with E-state index in [1.807, 2.05) is 37.4 Å². The highest BCUT2D eigenvalue weighted by Gasteiger charge is 2.23. The van der Waals surface area contributed by atoms with Crippen LogP contribution in [0.3, 0.4) is 0 Å². The number of aliphatic carboxylic acids is 1. The van der Waals surface area contributed by atoms with Gasteiger partial charge in [0.05, 0.1) is 24.3 Å². The monoisotopic (exact) mass is 501 g/mol. The van der Waals surface area contributed by atoms with E-state index in [9.17, 15) is 4.79 Å². The molecule has 3 aromatic rings. The molecule has 1 N–H and O–H groups in total. The second-order valence-electron chi connectivity index (χ2n) is 10.1. The van der Waals surface area contributed by atoms with Gasteiger partial charge in [-0.15, -0.1) is 0 Å². The number of allylic oxidation sites excluding steroid dienone is 1. The molecule has 1 aromatic carbocycles. The minimum atomic E-state index is -0.810. The third-order valence-corrected chi connectivity index (χ3v) is 7.46. The summed E-state index contributed by atoms with van der Waals surface area (Å²) in [5.41, 5.74) is 5.14. The van der Waals surface area contributed by atoms with E-state index in [0.29, 0.717) is 24.8 Å². The molecule has 1 aliphatic heterocycles. The number of rotatable bonds is 8. The van der Waals surface area contributed by atoms with Crippen LogP contribution in [0.2, 0.25) is 0 Å². The molecular formula is C30H35N3O4. The van der Waals surface area contributed by atoms with Crippen LogP contribution in [0.5, 0.6) is 5.75 Å². The van der Waals surface area contributed by atoms with Gasteiger partial charge in [0.25, 0.3) is 0 Å². The van der Waals surface area contributed by atoms with Gasteiger partial charge in [0.2, 0.25) is 5.89 Å².